The maximum Gasteiger partial charge on any atom is 0.325 e. The number of benzene rings is 1. The van der Waals surface area contributed by atoms with Gasteiger partial charge < -0.3 is 10.6 Å². The summed E-state index contributed by atoms with van der Waals surface area (Å²) in [4.78, 5) is 42.2. The molecule has 1 aliphatic heterocycles. The summed E-state index contributed by atoms with van der Waals surface area (Å²) in [6, 6.07) is 11.0. The van der Waals surface area contributed by atoms with E-state index >= 15 is 0 Å². The minimum Gasteiger partial charge on any atom is -0.319 e. The summed E-state index contributed by atoms with van der Waals surface area (Å²) < 4.78 is 0.755. The number of imide groups is 1. The van der Waals surface area contributed by atoms with Crippen LogP contribution in [0.4, 0.5) is 10.6 Å². The lowest BCUT2D eigenvalue weighted by atomic mass is 9.91. The summed E-state index contributed by atoms with van der Waals surface area (Å²) in [5.41, 5.74) is -0.509. The minimum atomic E-state index is -1.35. The van der Waals surface area contributed by atoms with Gasteiger partial charge >= 0.3 is 6.03 Å². The topological polar surface area (TPSA) is 115 Å². The van der Waals surface area contributed by atoms with Crippen molar-refractivity contribution in [1.29, 1.82) is 5.26 Å². The molecule has 8 nitrogen and oxygen atoms in total. The lowest BCUT2D eigenvalue weighted by Crippen LogP contribution is -2.42. The van der Waals surface area contributed by atoms with Crippen LogP contribution in [0.5, 0.6) is 0 Å². The molecule has 1 aromatic heterocycles. The van der Waals surface area contributed by atoms with Gasteiger partial charge in [-0.05, 0) is 52.7 Å². The Morgan fingerprint density at radius 1 is 1.37 bits per heavy atom. The van der Waals surface area contributed by atoms with Crippen LogP contribution in [0.1, 0.15) is 18.1 Å². The Hall–Kier alpha value is -3.25. The lowest BCUT2D eigenvalue weighted by Gasteiger charge is -2.22. The highest BCUT2D eigenvalue weighted by Gasteiger charge is 2.49. The van der Waals surface area contributed by atoms with E-state index in [-0.39, 0.29) is 0 Å². The molecule has 1 saturated heterocycles. The molecule has 0 aliphatic carbocycles. The number of nitrogens with one attached hydrogen (secondary N) is 2. The van der Waals surface area contributed by atoms with E-state index in [9.17, 15) is 14.4 Å². The largest absolute Gasteiger partial charge is 0.325 e. The van der Waals surface area contributed by atoms with E-state index in [1.165, 1.54) is 19.2 Å². The molecule has 2 heterocycles. The van der Waals surface area contributed by atoms with Crippen LogP contribution < -0.4 is 10.6 Å². The van der Waals surface area contributed by atoms with Gasteiger partial charge in [-0.1, -0.05) is 12.1 Å². The van der Waals surface area contributed by atoms with Crippen LogP contribution in [-0.2, 0) is 15.1 Å². The molecule has 136 valence electrons. The monoisotopic (exact) mass is 427 g/mol. The average molecular weight is 428 g/mol. The SMILES string of the molecule is CC1(c2cccc(C#N)c2)NC(=O)N(CC(=O)Nc2ccc(Br)cn2)C1=O. The van der Waals surface area contributed by atoms with Gasteiger partial charge in [-0.15, -0.1) is 0 Å². The second-order valence-corrected chi connectivity index (χ2v) is 6.96. The van der Waals surface area contributed by atoms with E-state index < -0.39 is 29.9 Å². The van der Waals surface area contributed by atoms with Crippen molar-refractivity contribution >= 4 is 39.6 Å². The fourth-order valence-corrected chi connectivity index (χ4v) is 2.95. The molecule has 2 aromatic rings. The first-order valence-electron chi connectivity index (χ1n) is 7.89. The molecule has 1 atom stereocenters. The first-order valence-corrected chi connectivity index (χ1v) is 8.69. The van der Waals surface area contributed by atoms with Crippen LogP contribution in [0.2, 0.25) is 0 Å². The van der Waals surface area contributed by atoms with Gasteiger partial charge in [0.15, 0.2) is 0 Å². The number of urea groups is 1. The summed E-state index contributed by atoms with van der Waals surface area (Å²) in [7, 11) is 0. The van der Waals surface area contributed by atoms with E-state index in [0.29, 0.717) is 16.9 Å². The smallest absolute Gasteiger partial charge is 0.319 e. The van der Waals surface area contributed by atoms with Gasteiger partial charge in [0, 0.05) is 10.7 Å². The van der Waals surface area contributed by atoms with Crippen LogP contribution >= 0.6 is 15.9 Å². The van der Waals surface area contributed by atoms with E-state index in [0.717, 1.165) is 9.37 Å². The number of hydrogen-bond acceptors (Lipinski definition) is 5. The molecule has 1 unspecified atom stereocenters. The van der Waals surface area contributed by atoms with Gasteiger partial charge in [0.05, 0.1) is 11.6 Å². The molecular weight excluding hydrogens is 414 g/mol. The van der Waals surface area contributed by atoms with Crippen molar-refractivity contribution in [2.75, 3.05) is 11.9 Å². The van der Waals surface area contributed by atoms with Crippen LogP contribution in [-0.4, -0.2) is 34.3 Å². The molecule has 4 amide bonds. The van der Waals surface area contributed by atoms with Crippen molar-refractivity contribution < 1.29 is 14.4 Å². The number of anilines is 1. The Bertz CT molecular complexity index is 970. The fraction of sp³-hybridized carbons (Fsp3) is 0.167. The summed E-state index contributed by atoms with van der Waals surface area (Å²) in [5.74, 6) is -0.815. The van der Waals surface area contributed by atoms with Crippen molar-refractivity contribution in [3.05, 3.63) is 58.2 Å². The zero-order chi connectivity index (χ0) is 19.6. The minimum absolute atomic E-state index is 0.305. The zero-order valence-electron chi connectivity index (χ0n) is 14.2. The Morgan fingerprint density at radius 2 is 2.15 bits per heavy atom. The molecule has 0 bridgehead atoms. The Labute approximate surface area is 163 Å². The van der Waals surface area contributed by atoms with Crippen LogP contribution in [0.3, 0.4) is 0 Å². The summed E-state index contributed by atoms with van der Waals surface area (Å²) >= 11 is 3.24. The molecular formula is C18H14BrN5O3. The normalized spacial score (nSPS) is 18.8. The van der Waals surface area contributed by atoms with E-state index in [1.54, 1.807) is 30.3 Å². The number of nitrogens with zero attached hydrogens (tertiary/aromatic N) is 3. The highest BCUT2D eigenvalue weighted by molar-refractivity contribution is 9.10. The van der Waals surface area contributed by atoms with Gasteiger partial charge in [-0.25, -0.2) is 9.78 Å². The number of hydrogen-bond donors (Lipinski definition) is 2. The number of amides is 4. The van der Waals surface area contributed by atoms with Crippen LogP contribution in [0.15, 0.2) is 47.1 Å². The molecule has 0 saturated carbocycles. The third-order valence-corrected chi connectivity index (χ3v) is 4.61. The summed E-state index contributed by atoms with van der Waals surface area (Å²) in [5, 5.41) is 14.2. The maximum atomic E-state index is 12.8. The lowest BCUT2D eigenvalue weighted by molar-refractivity contribution is -0.133. The third kappa shape index (κ3) is 3.66. The second-order valence-electron chi connectivity index (χ2n) is 6.05. The van der Waals surface area contributed by atoms with E-state index in [2.05, 4.69) is 31.5 Å². The number of nitriles is 1. The molecule has 9 heteroatoms. The van der Waals surface area contributed by atoms with Crippen molar-refractivity contribution in [1.82, 2.24) is 15.2 Å². The predicted octanol–water partition coefficient (Wildman–Crippen LogP) is 2.12. The first-order chi connectivity index (χ1) is 12.8. The fourth-order valence-electron chi connectivity index (χ4n) is 2.71. The van der Waals surface area contributed by atoms with Crippen molar-refractivity contribution in [3.8, 4) is 6.07 Å². The quantitative estimate of drug-likeness (QED) is 0.724. The number of aromatic nitrogens is 1. The summed E-state index contributed by atoms with van der Waals surface area (Å²) in [6.07, 6.45) is 1.52. The van der Waals surface area contributed by atoms with Gasteiger partial charge in [-0.2, -0.15) is 5.26 Å². The number of rotatable bonds is 4. The second kappa shape index (κ2) is 7.17. The number of halogens is 1. The standard InChI is InChI=1S/C18H14BrN5O3/c1-18(12-4-2-3-11(7-12)8-20)16(26)24(17(27)23-18)10-15(25)22-14-6-5-13(19)9-21-14/h2-7,9H,10H2,1H3,(H,23,27)(H,21,22,25). The number of carbonyl (C=O) groups is 3. The van der Waals surface area contributed by atoms with Gasteiger partial charge in [0.25, 0.3) is 5.91 Å². The Morgan fingerprint density at radius 3 is 2.81 bits per heavy atom. The van der Waals surface area contributed by atoms with Gasteiger partial charge in [0.1, 0.15) is 17.9 Å². The highest BCUT2D eigenvalue weighted by atomic mass is 79.9. The molecule has 27 heavy (non-hydrogen) atoms. The molecule has 0 radical (unpaired) electrons. The predicted molar refractivity (Wildman–Crippen MR) is 99.3 cm³/mol. The van der Waals surface area contributed by atoms with Crippen molar-refractivity contribution in [3.63, 3.8) is 0 Å². The van der Waals surface area contributed by atoms with Crippen LogP contribution in [0, 0.1) is 11.3 Å². The number of pyridine rings is 1. The maximum absolute atomic E-state index is 12.8. The molecule has 1 fully saturated rings. The molecule has 1 aliphatic rings. The molecule has 1 aromatic carbocycles. The molecule has 3 rings (SSSR count). The average Bonchev–Trinajstić information content (AvgIpc) is 2.88. The number of carbonyl (C=O) groups excluding carboxylic acids is 3. The Balaban J connectivity index is 1.76. The van der Waals surface area contributed by atoms with Gasteiger partial charge in [-0.3, -0.25) is 14.5 Å². The van der Waals surface area contributed by atoms with Crippen molar-refractivity contribution in [2.45, 2.75) is 12.5 Å². The Kier molecular flexibility index (Phi) is 4.92. The summed E-state index contributed by atoms with van der Waals surface area (Å²) in [6.45, 7) is 1.09. The van der Waals surface area contributed by atoms with E-state index in [1.807, 2.05) is 6.07 Å². The van der Waals surface area contributed by atoms with E-state index in [4.69, 9.17) is 5.26 Å². The highest BCUT2D eigenvalue weighted by Crippen LogP contribution is 2.29. The van der Waals surface area contributed by atoms with Crippen molar-refractivity contribution in [2.24, 2.45) is 0 Å². The zero-order valence-corrected chi connectivity index (χ0v) is 15.8. The van der Waals surface area contributed by atoms with Gasteiger partial charge in [0.2, 0.25) is 5.91 Å². The van der Waals surface area contributed by atoms with Crippen LogP contribution in [0.25, 0.3) is 0 Å². The molecule has 0 spiro atoms. The third-order valence-electron chi connectivity index (χ3n) is 4.14. The molecule has 2 N–H and O–H groups in total. The first kappa shape index (κ1) is 18.5.